The van der Waals surface area contributed by atoms with Gasteiger partial charge in [-0.25, -0.2) is 4.79 Å². The number of carboxylic acids is 1. The number of hydrogen-bond acceptors (Lipinski definition) is 3. The number of allylic oxidation sites excluding steroid dienone is 1. The highest BCUT2D eigenvalue weighted by Gasteiger charge is 2.14. The second-order valence-corrected chi connectivity index (χ2v) is 5.49. The maximum Gasteiger partial charge on any atom is 0.352 e. The first kappa shape index (κ1) is 18.7. The third-order valence-electron chi connectivity index (χ3n) is 3.52. The molecule has 0 radical (unpaired) electrons. The monoisotopic (exact) mass is 349 g/mol. The van der Waals surface area contributed by atoms with Crippen LogP contribution in [0.15, 0.2) is 85.3 Å². The maximum atomic E-state index is 12.1. The average Bonchev–Trinajstić information content (AvgIpc) is 2.62. The van der Waals surface area contributed by atoms with Crippen LogP contribution in [0.5, 0.6) is 0 Å². The number of carboxylic acid groups (broad SMARTS) is 1. The Morgan fingerprint density at radius 1 is 1.04 bits per heavy atom. The summed E-state index contributed by atoms with van der Waals surface area (Å²) in [5, 5.41) is 11.7. The Balaban J connectivity index is 2.11. The van der Waals surface area contributed by atoms with Crippen molar-refractivity contribution in [2.45, 2.75) is 6.92 Å². The van der Waals surface area contributed by atoms with Crippen molar-refractivity contribution in [3.05, 3.63) is 102 Å². The number of hydrogen-bond donors (Lipinski definition) is 2. The Bertz CT molecular complexity index is 882. The fraction of sp³-hybridized carbons (Fsp3) is 0.0476. The van der Waals surface area contributed by atoms with E-state index in [4.69, 9.17) is 4.74 Å². The van der Waals surface area contributed by atoms with E-state index in [1.54, 1.807) is 30.3 Å². The molecule has 26 heavy (non-hydrogen) atoms. The van der Waals surface area contributed by atoms with Gasteiger partial charge < -0.3 is 15.2 Å². The number of aliphatic carboxylic acids is 1. The first-order chi connectivity index (χ1) is 12.4. The highest BCUT2D eigenvalue weighted by molar-refractivity contribution is 6.00. The second kappa shape index (κ2) is 8.48. The summed E-state index contributed by atoms with van der Waals surface area (Å²) in [5.74, 6) is -1.46. The van der Waals surface area contributed by atoms with Gasteiger partial charge in [0.2, 0.25) is 0 Å². The van der Waals surface area contributed by atoms with E-state index in [0.717, 1.165) is 17.2 Å². The molecule has 0 aliphatic rings. The molecule has 5 nitrogen and oxygen atoms in total. The molecule has 0 unspecified atom stereocenters. The highest BCUT2D eigenvalue weighted by Crippen LogP contribution is 2.21. The summed E-state index contributed by atoms with van der Waals surface area (Å²) in [5.41, 5.74) is 1.74. The standard InChI is InChI=1S/C21H19NO4/c1-14-9-7-8-12-18(14)16(3)26-15(2)13-19(21(24)25)22-20(23)17-10-5-4-6-11-17/h4-13H,2-3H2,1H3,(H,22,23)(H,24,25)/b19-13-. The van der Waals surface area contributed by atoms with Crippen molar-refractivity contribution < 1.29 is 19.4 Å². The molecule has 0 aliphatic heterocycles. The van der Waals surface area contributed by atoms with Crippen LogP contribution in [-0.4, -0.2) is 17.0 Å². The van der Waals surface area contributed by atoms with Gasteiger partial charge in [0.25, 0.3) is 5.91 Å². The van der Waals surface area contributed by atoms with Crippen LogP contribution >= 0.6 is 0 Å². The fourth-order valence-electron chi connectivity index (χ4n) is 2.22. The topological polar surface area (TPSA) is 75.6 Å². The molecule has 5 heteroatoms. The first-order valence-electron chi connectivity index (χ1n) is 7.81. The molecule has 2 aromatic rings. The first-order valence-corrected chi connectivity index (χ1v) is 7.81. The zero-order valence-corrected chi connectivity index (χ0v) is 14.4. The van der Waals surface area contributed by atoms with Gasteiger partial charge in [-0.3, -0.25) is 4.79 Å². The van der Waals surface area contributed by atoms with Gasteiger partial charge in [0, 0.05) is 17.2 Å². The van der Waals surface area contributed by atoms with E-state index < -0.39 is 11.9 Å². The van der Waals surface area contributed by atoms with Gasteiger partial charge >= 0.3 is 5.97 Å². The number of ether oxygens (including phenoxy) is 1. The Morgan fingerprint density at radius 2 is 1.65 bits per heavy atom. The molecule has 0 aromatic heterocycles. The minimum absolute atomic E-state index is 0.0454. The normalized spacial score (nSPS) is 10.7. The quantitative estimate of drug-likeness (QED) is 0.452. The van der Waals surface area contributed by atoms with Crippen molar-refractivity contribution in [1.82, 2.24) is 5.32 Å². The SMILES string of the molecule is C=C(/C=C(\NC(=O)c1ccccc1)C(=O)O)OC(=C)c1ccccc1C. The molecule has 0 spiro atoms. The van der Waals surface area contributed by atoms with Gasteiger partial charge in [-0.1, -0.05) is 55.6 Å². The van der Waals surface area contributed by atoms with Crippen molar-refractivity contribution in [2.24, 2.45) is 0 Å². The highest BCUT2D eigenvalue weighted by atomic mass is 16.5. The average molecular weight is 349 g/mol. The second-order valence-electron chi connectivity index (χ2n) is 5.49. The molecule has 0 saturated carbocycles. The van der Waals surface area contributed by atoms with E-state index in [9.17, 15) is 14.7 Å². The Kier molecular flexibility index (Phi) is 6.11. The van der Waals surface area contributed by atoms with Gasteiger partial charge in [0.05, 0.1) is 0 Å². The number of carbonyl (C=O) groups is 2. The van der Waals surface area contributed by atoms with Crippen LogP contribution in [0.2, 0.25) is 0 Å². The van der Waals surface area contributed by atoms with E-state index in [0.29, 0.717) is 11.3 Å². The van der Waals surface area contributed by atoms with E-state index in [1.165, 1.54) is 0 Å². The molecular weight excluding hydrogens is 330 g/mol. The predicted octanol–water partition coefficient (Wildman–Crippen LogP) is 3.89. The lowest BCUT2D eigenvalue weighted by Gasteiger charge is -2.12. The van der Waals surface area contributed by atoms with Gasteiger partial charge in [0.15, 0.2) is 0 Å². The summed E-state index contributed by atoms with van der Waals surface area (Å²) in [7, 11) is 0. The molecule has 2 aromatic carbocycles. The summed E-state index contributed by atoms with van der Waals surface area (Å²) in [4.78, 5) is 23.5. The lowest BCUT2D eigenvalue weighted by molar-refractivity contribution is -0.133. The number of carbonyl (C=O) groups excluding carboxylic acids is 1. The van der Waals surface area contributed by atoms with Crippen molar-refractivity contribution in [3.63, 3.8) is 0 Å². The molecule has 2 N–H and O–H groups in total. The number of rotatable bonds is 7. The molecular formula is C21H19NO4. The third kappa shape index (κ3) is 4.95. The zero-order chi connectivity index (χ0) is 19.1. The molecule has 0 bridgehead atoms. The summed E-state index contributed by atoms with van der Waals surface area (Å²) in [6, 6.07) is 15.8. The van der Waals surface area contributed by atoms with Crippen molar-refractivity contribution in [3.8, 4) is 0 Å². The number of aryl methyl sites for hydroxylation is 1. The smallest absolute Gasteiger partial charge is 0.352 e. The number of nitrogens with one attached hydrogen (secondary N) is 1. The zero-order valence-electron chi connectivity index (χ0n) is 14.4. The predicted molar refractivity (Wildman–Crippen MR) is 100 cm³/mol. The van der Waals surface area contributed by atoms with Gasteiger partial charge in [-0.15, -0.1) is 0 Å². The molecule has 0 heterocycles. The largest absolute Gasteiger partial charge is 0.477 e. The van der Waals surface area contributed by atoms with Crippen LogP contribution in [0.25, 0.3) is 5.76 Å². The lowest BCUT2D eigenvalue weighted by atomic mass is 10.1. The van der Waals surface area contributed by atoms with Crippen LogP contribution in [-0.2, 0) is 9.53 Å². The molecule has 0 atom stereocenters. The molecule has 132 valence electrons. The van der Waals surface area contributed by atoms with Crippen LogP contribution in [0.4, 0.5) is 0 Å². The minimum Gasteiger partial charge on any atom is -0.477 e. The summed E-state index contributed by atoms with van der Waals surface area (Å²) in [6.07, 6.45) is 1.15. The third-order valence-corrected chi connectivity index (χ3v) is 3.52. The van der Waals surface area contributed by atoms with Crippen molar-refractivity contribution in [2.75, 3.05) is 0 Å². The maximum absolute atomic E-state index is 12.1. The summed E-state index contributed by atoms with van der Waals surface area (Å²) >= 11 is 0. The van der Waals surface area contributed by atoms with E-state index in [2.05, 4.69) is 18.5 Å². The van der Waals surface area contributed by atoms with Crippen LogP contribution in [0, 0.1) is 6.92 Å². The summed E-state index contributed by atoms with van der Waals surface area (Å²) in [6.45, 7) is 9.43. The molecule has 0 fully saturated rings. The lowest BCUT2D eigenvalue weighted by Crippen LogP contribution is -2.27. The Morgan fingerprint density at radius 3 is 2.27 bits per heavy atom. The number of benzene rings is 2. The van der Waals surface area contributed by atoms with Crippen molar-refractivity contribution >= 4 is 17.6 Å². The van der Waals surface area contributed by atoms with E-state index in [1.807, 2.05) is 31.2 Å². The van der Waals surface area contributed by atoms with E-state index >= 15 is 0 Å². The van der Waals surface area contributed by atoms with Crippen LogP contribution in [0.1, 0.15) is 21.5 Å². The molecule has 0 aliphatic carbocycles. The Labute approximate surface area is 151 Å². The summed E-state index contributed by atoms with van der Waals surface area (Å²) < 4.78 is 5.51. The number of amides is 1. The fourth-order valence-corrected chi connectivity index (χ4v) is 2.22. The van der Waals surface area contributed by atoms with Crippen LogP contribution in [0.3, 0.4) is 0 Å². The van der Waals surface area contributed by atoms with Crippen molar-refractivity contribution in [1.29, 1.82) is 0 Å². The van der Waals surface area contributed by atoms with Gasteiger partial charge in [0.1, 0.15) is 17.2 Å². The van der Waals surface area contributed by atoms with Gasteiger partial charge in [-0.2, -0.15) is 0 Å². The van der Waals surface area contributed by atoms with Crippen LogP contribution < -0.4 is 5.32 Å². The molecule has 1 amide bonds. The Hall–Kier alpha value is -3.60. The van der Waals surface area contributed by atoms with Gasteiger partial charge in [-0.05, 0) is 24.6 Å². The molecule has 0 saturated heterocycles. The molecule has 2 rings (SSSR count). The minimum atomic E-state index is -1.31. The van der Waals surface area contributed by atoms with E-state index in [-0.39, 0.29) is 11.5 Å².